The van der Waals surface area contributed by atoms with Crippen molar-refractivity contribution in [1.29, 1.82) is 0 Å². The van der Waals surface area contributed by atoms with E-state index in [9.17, 15) is 4.79 Å². The molecule has 0 radical (unpaired) electrons. The van der Waals surface area contributed by atoms with Crippen molar-refractivity contribution in [2.45, 2.75) is 6.42 Å². The monoisotopic (exact) mass is 319 g/mol. The van der Waals surface area contributed by atoms with E-state index in [0.29, 0.717) is 22.9 Å². The smallest absolute Gasteiger partial charge is 0.251 e. The minimum atomic E-state index is -0.160. The molecule has 22 heavy (non-hydrogen) atoms. The van der Waals surface area contributed by atoms with Crippen LogP contribution >= 0.6 is 11.6 Å². The van der Waals surface area contributed by atoms with Gasteiger partial charge in [-0.3, -0.25) is 4.79 Å². The van der Waals surface area contributed by atoms with Crippen LogP contribution in [0.4, 0.5) is 0 Å². The lowest BCUT2D eigenvalue weighted by molar-refractivity contribution is 0.0954. The van der Waals surface area contributed by atoms with Gasteiger partial charge in [0.1, 0.15) is 11.5 Å². The standard InChI is InChI=1S/C17H18ClNO3/c1-21-14-5-3-4-12(10-14)8-9-19-17(20)13-6-7-16(22-2)15(18)11-13/h3-7,10-11H,8-9H2,1-2H3,(H,19,20). The summed E-state index contributed by atoms with van der Waals surface area (Å²) in [6, 6.07) is 12.7. The first kappa shape index (κ1) is 16.2. The summed E-state index contributed by atoms with van der Waals surface area (Å²) < 4.78 is 10.2. The molecular weight excluding hydrogens is 302 g/mol. The lowest BCUT2D eigenvalue weighted by Crippen LogP contribution is -2.25. The van der Waals surface area contributed by atoms with Crippen molar-refractivity contribution in [2.75, 3.05) is 20.8 Å². The zero-order valence-corrected chi connectivity index (χ0v) is 13.3. The zero-order valence-electron chi connectivity index (χ0n) is 12.6. The first-order chi connectivity index (χ1) is 10.6. The maximum atomic E-state index is 12.1. The SMILES string of the molecule is COc1cccc(CCNC(=O)c2ccc(OC)c(Cl)c2)c1. The molecule has 0 aromatic heterocycles. The van der Waals surface area contributed by atoms with E-state index < -0.39 is 0 Å². The van der Waals surface area contributed by atoms with Gasteiger partial charge in [-0.15, -0.1) is 0 Å². The molecule has 1 N–H and O–H groups in total. The molecule has 0 saturated carbocycles. The minimum absolute atomic E-state index is 0.160. The van der Waals surface area contributed by atoms with Gasteiger partial charge in [-0.25, -0.2) is 0 Å². The maximum Gasteiger partial charge on any atom is 0.251 e. The lowest BCUT2D eigenvalue weighted by Gasteiger charge is -2.08. The molecule has 2 rings (SSSR count). The van der Waals surface area contributed by atoms with Crippen molar-refractivity contribution in [3.8, 4) is 11.5 Å². The third-order valence-electron chi connectivity index (χ3n) is 3.25. The molecule has 4 nitrogen and oxygen atoms in total. The van der Waals surface area contributed by atoms with E-state index >= 15 is 0 Å². The predicted molar refractivity (Wildman–Crippen MR) is 87.0 cm³/mol. The summed E-state index contributed by atoms with van der Waals surface area (Å²) in [5.74, 6) is 1.20. The fourth-order valence-corrected chi connectivity index (χ4v) is 2.32. The van der Waals surface area contributed by atoms with E-state index in [4.69, 9.17) is 21.1 Å². The predicted octanol–water partition coefficient (Wildman–Crippen LogP) is 3.33. The van der Waals surface area contributed by atoms with Crippen LogP contribution in [0.1, 0.15) is 15.9 Å². The van der Waals surface area contributed by atoms with Crippen LogP contribution in [-0.2, 0) is 6.42 Å². The Hall–Kier alpha value is -2.20. The Morgan fingerprint density at radius 1 is 1.14 bits per heavy atom. The van der Waals surface area contributed by atoms with Gasteiger partial charge in [0.25, 0.3) is 5.91 Å². The number of hydrogen-bond donors (Lipinski definition) is 1. The molecule has 1 amide bonds. The van der Waals surface area contributed by atoms with Gasteiger partial charge >= 0.3 is 0 Å². The first-order valence-corrected chi connectivity index (χ1v) is 7.26. The highest BCUT2D eigenvalue weighted by molar-refractivity contribution is 6.32. The van der Waals surface area contributed by atoms with E-state index in [1.165, 1.54) is 7.11 Å². The van der Waals surface area contributed by atoms with Crippen molar-refractivity contribution in [1.82, 2.24) is 5.32 Å². The molecule has 5 heteroatoms. The van der Waals surface area contributed by atoms with Crippen molar-refractivity contribution in [3.63, 3.8) is 0 Å². The zero-order chi connectivity index (χ0) is 15.9. The number of methoxy groups -OCH3 is 2. The van der Waals surface area contributed by atoms with Crippen LogP contribution in [-0.4, -0.2) is 26.7 Å². The molecule has 0 heterocycles. The van der Waals surface area contributed by atoms with Gasteiger partial charge in [-0.1, -0.05) is 23.7 Å². The molecule has 0 aliphatic carbocycles. The number of rotatable bonds is 6. The summed E-state index contributed by atoms with van der Waals surface area (Å²) in [5, 5.41) is 3.29. The lowest BCUT2D eigenvalue weighted by atomic mass is 10.1. The largest absolute Gasteiger partial charge is 0.497 e. The van der Waals surface area contributed by atoms with Gasteiger partial charge < -0.3 is 14.8 Å². The van der Waals surface area contributed by atoms with Gasteiger partial charge in [0.15, 0.2) is 0 Å². The van der Waals surface area contributed by atoms with Crippen molar-refractivity contribution in [3.05, 3.63) is 58.6 Å². The van der Waals surface area contributed by atoms with Crippen LogP contribution in [0.2, 0.25) is 5.02 Å². The van der Waals surface area contributed by atoms with Crippen LogP contribution in [0.15, 0.2) is 42.5 Å². The second-order valence-corrected chi connectivity index (χ2v) is 5.11. The van der Waals surface area contributed by atoms with E-state index in [1.807, 2.05) is 24.3 Å². The first-order valence-electron chi connectivity index (χ1n) is 6.88. The van der Waals surface area contributed by atoms with Crippen molar-refractivity contribution >= 4 is 17.5 Å². The summed E-state index contributed by atoms with van der Waals surface area (Å²) in [5.41, 5.74) is 1.61. The quantitative estimate of drug-likeness (QED) is 0.888. The molecule has 0 fully saturated rings. The molecule has 2 aromatic carbocycles. The Kier molecular flexibility index (Phi) is 5.67. The average molecular weight is 320 g/mol. The van der Waals surface area contributed by atoms with Crippen LogP contribution < -0.4 is 14.8 Å². The van der Waals surface area contributed by atoms with Gasteiger partial charge in [0.2, 0.25) is 0 Å². The van der Waals surface area contributed by atoms with E-state index in [0.717, 1.165) is 17.7 Å². The van der Waals surface area contributed by atoms with Crippen molar-refractivity contribution < 1.29 is 14.3 Å². The Labute approximate surface area is 135 Å². The van der Waals surface area contributed by atoms with Gasteiger partial charge in [-0.05, 0) is 42.3 Å². The molecule has 116 valence electrons. The van der Waals surface area contributed by atoms with E-state index in [-0.39, 0.29) is 5.91 Å². The number of hydrogen-bond acceptors (Lipinski definition) is 3. The van der Waals surface area contributed by atoms with Crippen LogP contribution in [0.25, 0.3) is 0 Å². The summed E-state index contributed by atoms with van der Waals surface area (Å²) in [4.78, 5) is 12.1. The summed E-state index contributed by atoms with van der Waals surface area (Å²) in [6.07, 6.45) is 0.729. The topological polar surface area (TPSA) is 47.6 Å². The summed E-state index contributed by atoms with van der Waals surface area (Å²) in [7, 11) is 3.17. The van der Waals surface area contributed by atoms with E-state index in [2.05, 4.69) is 5.32 Å². The third kappa shape index (κ3) is 4.15. The van der Waals surface area contributed by atoms with Crippen LogP contribution in [0.5, 0.6) is 11.5 Å². The number of amides is 1. The highest BCUT2D eigenvalue weighted by atomic mass is 35.5. The molecule has 0 spiro atoms. The Morgan fingerprint density at radius 3 is 2.64 bits per heavy atom. The number of nitrogens with one attached hydrogen (secondary N) is 1. The number of carbonyl (C=O) groups is 1. The molecule has 0 atom stereocenters. The Bertz CT molecular complexity index is 658. The highest BCUT2D eigenvalue weighted by Crippen LogP contribution is 2.24. The molecule has 0 aliphatic rings. The summed E-state index contributed by atoms with van der Waals surface area (Å²) >= 11 is 6.02. The molecule has 0 unspecified atom stereocenters. The third-order valence-corrected chi connectivity index (χ3v) is 3.54. The second kappa shape index (κ2) is 7.71. The average Bonchev–Trinajstić information content (AvgIpc) is 2.54. The van der Waals surface area contributed by atoms with Gasteiger partial charge in [-0.2, -0.15) is 0 Å². The number of carbonyl (C=O) groups excluding carboxylic acids is 1. The number of ether oxygens (including phenoxy) is 2. The molecule has 0 aliphatic heterocycles. The fourth-order valence-electron chi connectivity index (χ4n) is 2.06. The van der Waals surface area contributed by atoms with Crippen LogP contribution in [0.3, 0.4) is 0 Å². The highest BCUT2D eigenvalue weighted by Gasteiger charge is 2.08. The van der Waals surface area contributed by atoms with Gasteiger partial charge in [0.05, 0.1) is 19.2 Å². The second-order valence-electron chi connectivity index (χ2n) is 4.71. The maximum absolute atomic E-state index is 12.1. The van der Waals surface area contributed by atoms with E-state index in [1.54, 1.807) is 25.3 Å². The van der Waals surface area contributed by atoms with Crippen LogP contribution in [0, 0.1) is 0 Å². The fraction of sp³-hybridized carbons (Fsp3) is 0.235. The Morgan fingerprint density at radius 2 is 1.95 bits per heavy atom. The molecule has 0 saturated heterocycles. The van der Waals surface area contributed by atoms with Crippen molar-refractivity contribution in [2.24, 2.45) is 0 Å². The Balaban J connectivity index is 1.91. The summed E-state index contributed by atoms with van der Waals surface area (Å²) in [6.45, 7) is 0.537. The normalized spacial score (nSPS) is 10.1. The molecule has 2 aromatic rings. The number of halogens is 1. The van der Waals surface area contributed by atoms with Gasteiger partial charge in [0, 0.05) is 12.1 Å². The molecular formula is C17H18ClNO3. The number of benzene rings is 2. The molecule has 0 bridgehead atoms. The minimum Gasteiger partial charge on any atom is -0.497 e.